The Morgan fingerprint density at radius 3 is 2.72 bits per heavy atom. The van der Waals surface area contributed by atoms with Gasteiger partial charge in [0, 0.05) is 36.5 Å². The van der Waals surface area contributed by atoms with E-state index in [9.17, 15) is 9.59 Å². The molecule has 1 aromatic carbocycles. The zero-order valence-corrected chi connectivity index (χ0v) is 20.0. The largest absolute Gasteiger partial charge is 0.369 e. The third-order valence-corrected chi connectivity index (χ3v) is 7.40. The van der Waals surface area contributed by atoms with Crippen LogP contribution in [0.2, 0.25) is 0 Å². The maximum Gasteiger partial charge on any atom is 0.266 e. The lowest BCUT2D eigenvalue weighted by molar-refractivity contribution is -0.123. The molecule has 0 saturated carbocycles. The van der Waals surface area contributed by atoms with Crippen LogP contribution in [0.25, 0.3) is 17.0 Å². The summed E-state index contributed by atoms with van der Waals surface area (Å²) < 4.78 is 0.611. The number of rotatable bonds is 6. The van der Waals surface area contributed by atoms with Gasteiger partial charge >= 0.3 is 0 Å². The van der Waals surface area contributed by atoms with Crippen LogP contribution in [-0.2, 0) is 9.59 Å². The van der Waals surface area contributed by atoms with E-state index in [-0.39, 0.29) is 17.7 Å². The number of primary amides is 1. The summed E-state index contributed by atoms with van der Waals surface area (Å²) in [6, 6.07) is 10.1. The zero-order chi connectivity index (χ0) is 22.8. The molecule has 0 aliphatic carbocycles. The van der Waals surface area contributed by atoms with Gasteiger partial charge in [-0.3, -0.25) is 14.5 Å². The fourth-order valence-electron chi connectivity index (χ4n) is 4.08. The SMILES string of the molecule is CC(C)CCN1C(=O)/C(=C/c2cc3ccccc3nc2N2CCC(C(N)=O)CC2)SC1=S. The van der Waals surface area contributed by atoms with Crippen LogP contribution in [-0.4, -0.2) is 45.7 Å². The molecule has 1 aromatic heterocycles. The Hall–Kier alpha value is -2.45. The molecule has 32 heavy (non-hydrogen) atoms. The molecular weight excluding hydrogens is 440 g/mol. The van der Waals surface area contributed by atoms with Crippen LogP contribution in [0, 0.1) is 11.8 Å². The number of benzene rings is 1. The number of carbonyl (C=O) groups excluding carboxylic acids is 2. The third-order valence-electron chi connectivity index (χ3n) is 6.02. The zero-order valence-electron chi connectivity index (χ0n) is 18.4. The Labute approximate surface area is 198 Å². The monoisotopic (exact) mass is 468 g/mol. The van der Waals surface area contributed by atoms with E-state index in [1.165, 1.54) is 11.8 Å². The molecule has 0 atom stereocenters. The third kappa shape index (κ3) is 4.81. The molecule has 0 unspecified atom stereocenters. The number of piperidine rings is 1. The molecule has 2 N–H and O–H groups in total. The van der Waals surface area contributed by atoms with Gasteiger partial charge in [-0.15, -0.1) is 0 Å². The number of pyridine rings is 1. The van der Waals surface area contributed by atoms with Crippen LogP contribution < -0.4 is 10.6 Å². The Bertz CT molecular complexity index is 1090. The number of thiocarbonyl (C=S) groups is 1. The van der Waals surface area contributed by atoms with Crippen molar-refractivity contribution in [1.29, 1.82) is 0 Å². The smallest absolute Gasteiger partial charge is 0.266 e. The molecule has 2 aliphatic heterocycles. The first-order valence-corrected chi connectivity index (χ1v) is 12.3. The van der Waals surface area contributed by atoms with Gasteiger partial charge in [-0.25, -0.2) is 4.98 Å². The summed E-state index contributed by atoms with van der Waals surface area (Å²) in [4.78, 5) is 34.1. The first-order valence-electron chi connectivity index (χ1n) is 11.0. The van der Waals surface area contributed by atoms with Gasteiger partial charge in [0.15, 0.2) is 0 Å². The summed E-state index contributed by atoms with van der Waals surface area (Å²) in [5.74, 6) is 0.975. The molecule has 2 saturated heterocycles. The van der Waals surface area contributed by atoms with Crippen LogP contribution in [0.1, 0.15) is 38.7 Å². The molecule has 168 valence electrons. The van der Waals surface area contributed by atoms with E-state index in [0.29, 0.717) is 47.6 Å². The summed E-state index contributed by atoms with van der Waals surface area (Å²) in [6.07, 6.45) is 4.25. The summed E-state index contributed by atoms with van der Waals surface area (Å²) in [5, 5.41) is 1.02. The average Bonchev–Trinajstić information content (AvgIpc) is 3.04. The molecular formula is C24H28N4O2S2. The maximum atomic E-state index is 13.1. The summed E-state index contributed by atoms with van der Waals surface area (Å²) in [7, 11) is 0. The van der Waals surface area contributed by atoms with E-state index in [1.54, 1.807) is 4.90 Å². The van der Waals surface area contributed by atoms with Crippen LogP contribution >= 0.6 is 24.0 Å². The van der Waals surface area contributed by atoms with E-state index < -0.39 is 0 Å². The average molecular weight is 469 g/mol. The van der Waals surface area contributed by atoms with Crippen molar-refractivity contribution in [1.82, 2.24) is 9.88 Å². The van der Waals surface area contributed by atoms with Crippen molar-refractivity contribution < 1.29 is 9.59 Å². The quantitative estimate of drug-likeness (QED) is 0.506. The lowest BCUT2D eigenvalue weighted by Gasteiger charge is -2.32. The number of nitrogens with two attached hydrogens (primary N) is 1. The lowest BCUT2D eigenvalue weighted by Crippen LogP contribution is -2.39. The van der Waals surface area contributed by atoms with Crippen LogP contribution in [0.3, 0.4) is 0 Å². The highest BCUT2D eigenvalue weighted by Crippen LogP contribution is 2.36. The number of carbonyl (C=O) groups is 2. The van der Waals surface area contributed by atoms with E-state index in [1.807, 2.05) is 30.3 Å². The number of amides is 2. The Morgan fingerprint density at radius 1 is 1.31 bits per heavy atom. The van der Waals surface area contributed by atoms with Gasteiger partial charge in [0.25, 0.3) is 5.91 Å². The van der Waals surface area contributed by atoms with Gasteiger partial charge < -0.3 is 10.6 Å². The molecule has 4 rings (SSSR count). The second-order valence-electron chi connectivity index (χ2n) is 8.77. The highest BCUT2D eigenvalue weighted by molar-refractivity contribution is 8.26. The molecule has 2 amide bonds. The minimum absolute atomic E-state index is 0.0350. The van der Waals surface area contributed by atoms with Crippen molar-refractivity contribution in [2.45, 2.75) is 33.1 Å². The maximum absolute atomic E-state index is 13.1. The molecule has 3 heterocycles. The minimum atomic E-state index is -0.235. The highest BCUT2D eigenvalue weighted by Gasteiger charge is 2.32. The van der Waals surface area contributed by atoms with Crippen molar-refractivity contribution in [2.75, 3.05) is 24.5 Å². The standard InChI is InChI=1S/C24H28N4O2S2/c1-15(2)7-12-28-23(30)20(32-24(28)31)14-18-13-17-5-3-4-6-19(17)26-22(18)27-10-8-16(9-11-27)21(25)29/h3-6,13-16H,7-12H2,1-2H3,(H2,25,29)/b20-14-. The second kappa shape index (κ2) is 9.58. The fourth-order valence-corrected chi connectivity index (χ4v) is 5.38. The van der Waals surface area contributed by atoms with Crippen LogP contribution in [0.5, 0.6) is 0 Å². The van der Waals surface area contributed by atoms with Crippen molar-refractivity contribution in [3.63, 3.8) is 0 Å². The lowest BCUT2D eigenvalue weighted by atomic mass is 9.96. The highest BCUT2D eigenvalue weighted by atomic mass is 32.2. The normalized spacial score (nSPS) is 19.0. The Balaban J connectivity index is 1.67. The first-order chi connectivity index (χ1) is 15.3. The molecule has 2 fully saturated rings. The number of anilines is 1. The molecule has 0 radical (unpaired) electrons. The number of hydrogen-bond acceptors (Lipinski definition) is 6. The van der Waals surface area contributed by atoms with Crippen molar-refractivity contribution >= 4 is 62.9 Å². The van der Waals surface area contributed by atoms with E-state index in [4.69, 9.17) is 22.9 Å². The molecule has 6 nitrogen and oxygen atoms in total. The van der Waals surface area contributed by atoms with Crippen LogP contribution in [0.15, 0.2) is 35.2 Å². The molecule has 8 heteroatoms. The number of hydrogen-bond donors (Lipinski definition) is 1. The molecule has 0 bridgehead atoms. The first kappa shape index (κ1) is 22.7. The van der Waals surface area contributed by atoms with Gasteiger partial charge in [-0.1, -0.05) is 56.0 Å². The number of thioether (sulfide) groups is 1. The summed E-state index contributed by atoms with van der Waals surface area (Å²) in [5.41, 5.74) is 7.31. The Kier molecular flexibility index (Phi) is 6.81. The van der Waals surface area contributed by atoms with Crippen LogP contribution in [0.4, 0.5) is 5.82 Å². The summed E-state index contributed by atoms with van der Waals surface area (Å²) >= 11 is 6.85. The van der Waals surface area contributed by atoms with Gasteiger partial charge in [-0.05, 0) is 43.4 Å². The molecule has 2 aromatic rings. The molecule has 0 spiro atoms. The number of nitrogens with zero attached hydrogens (tertiary/aromatic N) is 3. The van der Waals surface area contributed by atoms with Gasteiger partial charge in [0.2, 0.25) is 5.91 Å². The minimum Gasteiger partial charge on any atom is -0.369 e. The topological polar surface area (TPSA) is 79.5 Å². The number of aromatic nitrogens is 1. The van der Waals surface area contributed by atoms with Gasteiger partial charge in [0.05, 0.1) is 10.4 Å². The molecule has 2 aliphatic rings. The van der Waals surface area contributed by atoms with Crippen molar-refractivity contribution in [3.8, 4) is 0 Å². The number of para-hydroxylation sites is 1. The predicted molar refractivity (Wildman–Crippen MR) is 135 cm³/mol. The fraction of sp³-hybridized carbons (Fsp3) is 0.417. The van der Waals surface area contributed by atoms with Gasteiger partial charge in [-0.2, -0.15) is 0 Å². The van der Waals surface area contributed by atoms with Crippen molar-refractivity contribution in [2.24, 2.45) is 17.6 Å². The van der Waals surface area contributed by atoms with Gasteiger partial charge in [0.1, 0.15) is 10.1 Å². The van der Waals surface area contributed by atoms with E-state index in [0.717, 1.165) is 28.7 Å². The van der Waals surface area contributed by atoms with E-state index in [2.05, 4.69) is 24.8 Å². The Morgan fingerprint density at radius 2 is 2.03 bits per heavy atom. The van der Waals surface area contributed by atoms with Crippen molar-refractivity contribution in [3.05, 3.63) is 40.8 Å². The second-order valence-corrected chi connectivity index (χ2v) is 10.4. The van der Waals surface area contributed by atoms with E-state index >= 15 is 0 Å². The predicted octanol–water partition coefficient (Wildman–Crippen LogP) is 4.18. The number of fused-ring (bicyclic) bond motifs is 1. The summed E-state index contributed by atoms with van der Waals surface area (Å²) in [6.45, 7) is 6.33.